The largest absolute Gasteiger partial charge is 0.314 e. The molecule has 0 atom stereocenters. The minimum atomic E-state index is -3.37. The third-order valence-corrected chi connectivity index (χ3v) is 4.45. The van der Waals surface area contributed by atoms with Gasteiger partial charge in [0.15, 0.2) is 0 Å². The van der Waals surface area contributed by atoms with Crippen molar-refractivity contribution in [2.24, 2.45) is 0 Å². The summed E-state index contributed by atoms with van der Waals surface area (Å²) in [5, 5.41) is 13.1. The number of nitrogens with one attached hydrogen (secondary N) is 1. The standard InChI is InChI=1S/C13H15N3O2S/c14-11-13-3-1-2-12(10-13)4-9-19(17,18)16-7-5-15-6-8-16/h1-4,9-10,15H,5-8H2/b9-4+. The number of hydrogen-bond donors (Lipinski definition) is 1. The number of hydrogen-bond acceptors (Lipinski definition) is 4. The molecule has 0 amide bonds. The van der Waals surface area contributed by atoms with Crippen LogP contribution in [0.1, 0.15) is 11.1 Å². The summed E-state index contributed by atoms with van der Waals surface area (Å²) in [5.74, 6) is 0. The van der Waals surface area contributed by atoms with Gasteiger partial charge in [-0.3, -0.25) is 0 Å². The molecule has 1 fully saturated rings. The first kappa shape index (κ1) is 13.7. The van der Waals surface area contributed by atoms with Gasteiger partial charge in [-0.1, -0.05) is 12.1 Å². The number of rotatable bonds is 3. The molecule has 0 saturated carbocycles. The Hall–Kier alpha value is -1.68. The minimum Gasteiger partial charge on any atom is -0.314 e. The summed E-state index contributed by atoms with van der Waals surface area (Å²) in [5.41, 5.74) is 1.22. The highest BCUT2D eigenvalue weighted by molar-refractivity contribution is 7.92. The Kier molecular flexibility index (Phi) is 4.32. The van der Waals surface area contributed by atoms with Crippen molar-refractivity contribution in [3.63, 3.8) is 0 Å². The topological polar surface area (TPSA) is 73.2 Å². The first-order chi connectivity index (χ1) is 9.12. The molecule has 1 aliphatic heterocycles. The van der Waals surface area contributed by atoms with Gasteiger partial charge in [-0.05, 0) is 23.8 Å². The maximum absolute atomic E-state index is 12.1. The lowest BCUT2D eigenvalue weighted by molar-refractivity contribution is 0.364. The lowest BCUT2D eigenvalue weighted by Gasteiger charge is -2.25. The van der Waals surface area contributed by atoms with E-state index in [0.29, 0.717) is 37.3 Å². The third kappa shape index (κ3) is 3.64. The molecule has 1 aliphatic rings. The van der Waals surface area contributed by atoms with Crippen LogP contribution in [0.2, 0.25) is 0 Å². The van der Waals surface area contributed by atoms with Crippen LogP contribution < -0.4 is 5.32 Å². The summed E-state index contributed by atoms with van der Waals surface area (Å²) in [7, 11) is -3.37. The number of benzene rings is 1. The van der Waals surface area contributed by atoms with Crippen molar-refractivity contribution in [1.29, 1.82) is 5.26 Å². The van der Waals surface area contributed by atoms with E-state index in [1.165, 1.54) is 15.8 Å². The molecule has 0 bridgehead atoms. The summed E-state index contributed by atoms with van der Waals surface area (Å²) in [6.07, 6.45) is 1.53. The zero-order chi connectivity index (χ0) is 13.7. The maximum Gasteiger partial charge on any atom is 0.236 e. The molecular formula is C13H15N3O2S. The maximum atomic E-state index is 12.1. The van der Waals surface area contributed by atoms with Gasteiger partial charge in [-0.25, -0.2) is 8.42 Å². The van der Waals surface area contributed by atoms with Crippen LogP contribution in [0.5, 0.6) is 0 Å². The Bertz CT molecular complexity index is 611. The van der Waals surface area contributed by atoms with Gasteiger partial charge in [0.25, 0.3) is 0 Å². The van der Waals surface area contributed by atoms with Crippen LogP contribution in [0.4, 0.5) is 0 Å². The van der Waals surface area contributed by atoms with E-state index in [0.717, 1.165) is 0 Å². The van der Waals surface area contributed by atoms with Crippen molar-refractivity contribution in [3.05, 3.63) is 40.8 Å². The van der Waals surface area contributed by atoms with Gasteiger partial charge in [-0.2, -0.15) is 9.57 Å². The van der Waals surface area contributed by atoms with E-state index in [9.17, 15) is 8.42 Å². The second-order valence-corrected chi connectivity index (χ2v) is 6.05. The summed E-state index contributed by atoms with van der Waals surface area (Å²) >= 11 is 0. The normalized spacial score (nSPS) is 17.4. The van der Waals surface area contributed by atoms with Crippen molar-refractivity contribution in [1.82, 2.24) is 9.62 Å². The van der Waals surface area contributed by atoms with Gasteiger partial charge in [-0.15, -0.1) is 0 Å². The monoisotopic (exact) mass is 277 g/mol. The molecule has 100 valence electrons. The van der Waals surface area contributed by atoms with E-state index in [2.05, 4.69) is 5.32 Å². The predicted octanol–water partition coefficient (Wildman–Crippen LogP) is 0.764. The Labute approximate surface area is 113 Å². The molecule has 1 aromatic rings. The fraction of sp³-hybridized carbons (Fsp3) is 0.308. The number of piperazine rings is 1. The van der Waals surface area contributed by atoms with Crippen molar-refractivity contribution >= 4 is 16.1 Å². The van der Waals surface area contributed by atoms with Crippen LogP contribution in [0.15, 0.2) is 29.7 Å². The molecular weight excluding hydrogens is 262 g/mol. The Balaban J connectivity index is 2.14. The van der Waals surface area contributed by atoms with Crippen LogP contribution in [0, 0.1) is 11.3 Å². The van der Waals surface area contributed by atoms with Crippen molar-refractivity contribution in [2.45, 2.75) is 0 Å². The molecule has 1 heterocycles. The number of sulfonamides is 1. The fourth-order valence-corrected chi connectivity index (χ4v) is 3.05. The van der Waals surface area contributed by atoms with Crippen LogP contribution >= 0.6 is 0 Å². The molecule has 19 heavy (non-hydrogen) atoms. The van der Waals surface area contributed by atoms with Crippen molar-refractivity contribution in [3.8, 4) is 6.07 Å². The molecule has 6 heteroatoms. The second kappa shape index (κ2) is 5.97. The lowest BCUT2D eigenvalue weighted by Crippen LogP contribution is -2.45. The van der Waals surface area contributed by atoms with Gasteiger partial charge < -0.3 is 5.32 Å². The van der Waals surface area contributed by atoms with E-state index in [1.54, 1.807) is 24.3 Å². The lowest BCUT2D eigenvalue weighted by atomic mass is 10.1. The smallest absolute Gasteiger partial charge is 0.236 e. The minimum absolute atomic E-state index is 0.491. The van der Waals surface area contributed by atoms with Crippen molar-refractivity contribution in [2.75, 3.05) is 26.2 Å². The van der Waals surface area contributed by atoms with Crippen LogP contribution in [0.3, 0.4) is 0 Å². The third-order valence-electron chi connectivity index (χ3n) is 2.88. The molecule has 1 aromatic carbocycles. The van der Waals surface area contributed by atoms with Gasteiger partial charge in [0.2, 0.25) is 10.0 Å². The zero-order valence-electron chi connectivity index (χ0n) is 10.4. The molecule has 5 nitrogen and oxygen atoms in total. The molecule has 1 saturated heterocycles. The highest BCUT2D eigenvalue weighted by atomic mass is 32.2. The first-order valence-electron chi connectivity index (χ1n) is 6.01. The van der Waals surface area contributed by atoms with E-state index >= 15 is 0 Å². The second-order valence-electron chi connectivity index (χ2n) is 4.23. The number of nitriles is 1. The highest BCUT2D eigenvalue weighted by Crippen LogP contribution is 2.10. The molecule has 0 spiro atoms. The van der Waals surface area contributed by atoms with Crippen LogP contribution in [-0.4, -0.2) is 38.9 Å². The van der Waals surface area contributed by atoms with Gasteiger partial charge in [0, 0.05) is 31.6 Å². The Morgan fingerprint density at radius 1 is 1.32 bits per heavy atom. The molecule has 1 N–H and O–H groups in total. The summed E-state index contributed by atoms with van der Waals surface area (Å²) < 4.78 is 25.6. The summed E-state index contributed by atoms with van der Waals surface area (Å²) in [6, 6.07) is 8.87. The van der Waals surface area contributed by atoms with E-state index in [4.69, 9.17) is 5.26 Å². The van der Waals surface area contributed by atoms with Crippen LogP contribution in [-0.2, 0) is 10.0 Å². The van der Waals surface area contributed by atoms with E-state index < -0.39 is 10.0 Å². The van der Waals surface area contributed by atoms with Gasteiger partial charge in [0.05, 0.1) is 11.6 Å². The van der Waals surface area contributed by atoms with Crippen molar-refractivity contribution < 1.29 is 8.42 Å². The Morgan fingerprint density at radius 2 is 2.05 bits per heavy atom. The molecule has 0 aliphatic carbocycles. The average molecular weight is 277 g/mol. The SMILES string of the molecule is N#Cc1cccc(/C=C/S(=O)(=O)N2CCNCC2)c1. The van der Waals surface area contributed by atoms with Crippen LogP contribution in [0.25, 0.3) is 6.08 Å². The fourth-order valence-electron chi connectivity index (χ4n) is 1.86. The molecule has 2 rings (SSSR count). The molecule has 0 radical (unpaired) electrons. The highest BCUT2D eigenvalue weighted by Gasteiger charge is 2.20. The van der Waals surface area contributed by atoms with E-state index in [1.807, 2.05) is 6.07 Å². The van der Waals surface area contributed by atoms with Gasteiger partial charge >= 0.3 is 0 Å². The quantitative estimate of drug-likeness (QED) is 0.885. The Morgan fingerprint density at radius 3 is 2.74 bits per heavy atom. The molecule has 0 aromatic heterocycles. The van der Waals surface area contributed by atoms with E-state index in [-0.39, 0.29) is 0 Å². The number of nitrogens with zero attached hydrogens (tertiary/aromatic N) is 2. The first-order valence-corrected chi connectivity index (χ1v) is 7.51. The predicted molar refractivity (Wildman–Crippen MR) is 73.6 cm³/mol. The average Bonchev–Trinajstić information content (AvgIpc) is 2.46. The molecule has 0 unspecified atom stereocenters. The zero-order valence-corrected chi connectivity index (χ0v) is 11.2. The van der Waals surface area contributed by atoms with Gasteiger partial charge in [0.1, 0.15) is 0 Å². The summed E-state index contributed by atoms with van der Waals surface area (Å²) in [4.78, 5) is 0. The summed E-state index contributed by atoms with van der Waals surface area (Å²) in [6.45, 7) is 2.34.